The number of nitro benzene ring substituents is 1. The van der Waals surface area contributed by atoms with Crippen molar-refractivity contribution in [3.63, 3.8) is 0 Å². The van der Waals surface area contributed by atoms with Gasteiger partial charge in [-0.25, -0.2) is 0 Å². The molecule has 0 bridgehead atoms. The van der Waals surface area contributed by atoms with E-state index in [9.17, 15) is 15.2 Å². The lowest BCUT2D eigenvalue weighted by atomic mass is 10.1. The highest BCUT2D eigenvalue weighted by Gasteiger charge is 2.23. The van der Waals surface area contributed by atoms with Crippen LogP contribution in [-0.2, 0) is 0 Å². The van der Waals surface area contributed by atoms with Gasteiger partial charge in [-0.3, -0.25) is 10.1 Å². The van der Waals surface area contributed by atoms with Crippen molar-refractivity contribution in [2.24, 2.45) is 0 Å². The molecule has 1 N–H and O–H groups in total. The average molecular weight is 265 g/mol. The summed E-state index contributed by atoms with van der Waals surface area (Å²) in [6.07, 6.45) is -0.694. The van der Waals surface area contributed by atoms with Gasteiger partial charge in [-0.05, 0) is 25.6 Å². The van der Waals surface area contributed by atoms with Crippen LogP contribution in [0.3, 0.4) is 0 Å². The number of nitrogens with zero attached hydrogens (tertiary/aromatic N) is 3. The second kappa shape index (κ2) is 5.54. The van der Waals surface area contributed by atoms with E-state index >= 15 is 0 Å². The van der Waals surface area contributed by atoms with Gasteiger partial charge in [0.1, 0.15) is 5.69 Å². The number of nitro groups is 1. The Balaban J connectivity index is 2.31. The molecule has 1 heterocycles. The maximum atomic E-state index is 11.2. The summed E-state index contributed by atoms with van der Waals surface area (Å²) in [6, 6.07) is 4.97. The number of hydrogen-bond acceptors (Lipinski definition) is 5. The molecule has 1 aromatic rings. The van der Waals surface area contributed by atoms with E-state index in [-0.39, 0.29) is 10.6 Å². The van der Waals surface area contributed by atoms with Crippen molar-refractivity contribution in [2.75, 3.05) is 38.1 Å². The van der Waals surface area contributed by atoms with Gasteiger partial charge < -0.3 is 14.9 Å². The summed E-state index contributed by atoms with van der Waals surface area (Å²) in [7, 11) is 2.04. The highest BCUT2D eigenvalue weighted by molar-refractivity contribution is 5.64. The number of rotatable bonds is 3. The Bertz CT molecular complexity index is 468. The van der Waals surface area contributed by atoms with E-state index in [1.54, 1.807) is 19.1 Å². The highest BCUT2D eigenvalue weighted by Crippen LogP contribution is 2.31. The molecule has 6 heteroatoms. The van der Waals surface area contributed by atoms with Crippen LogP contribution >= 0.6 is 0 Å². The van der Waals surface area contributed by atoms with Crippen molar-refractivity contribution >= 4 is 11.4 Å². The fourth-order valence-electron chi connectivity index (χ4n) is 2.26. The zero-order chi connectivity index (χ0) is 14.0. The zero-order valence-corrected chi connectivity index (χ0v) is 11.2. The SMILES string of the molecule is CC(O)c1ccc(N2CCN(C)CC2)c([N+](=O)[O-])c1. The van der Waals surface area contributed by atoms with Gasteiger partial charge in [0.25, 0.3) is 5.69 Å². The molecule has 0 saturated carbocycles. The van der Waals surface area contributed by atoms with Crippen LogP contribution in [0.1, 0.15) is 18.6 Å². The summed E-state index contributed by atoms with van der Waals surface area (Å²) in [4.78, 5) is 15.0. The van der Waals surface area contributed by atoms with E-state index in [4.69, 9.17) is 0 Å². The Morgan fingerprint density at radius 3 is 2.47 bits per heavy atom. The first-order valence-electron chi connectivity index (χ1n) is 6.39. The molecule has 0 spiro atoms. The topological polar surface area (TPSA) is 69.8 Å². The van der Waals surface area contributed by atoms with Crippen LogP contribution in [0.15, 0.2) is 18.2 Å². The van der Waals surface area contributed by atoms with E-state index in [0.29, 0.717) is 11.3 Å². The standard InChI is InChI=1S/C13H19N3O3/c1-10(17)11-3-4-12(13(9-11)16(18)19)15-7-5-14(2)6-8-15/h3-4,9-10,17H,5-8H2,1-2H3. The minimum atomic E-state index is -0.694. The van der Waals surface area contributed by atoms with Gasteiger partial charge in [-0.15, -0.1) is 0 Å². The van der Waals surface area contributed by atoms with Crippen molar-refractivity contribution in [1.82, 2.24) is 4.90 Å². The molecule has 1 aromatic carbocycles. The summed E-state index contributed by atoms with van der Waals surface area (Å²) in [5, 5.41) is 20.7. The van der Waals surface area contributed by atoms with Crippen LogP contribution in [0.5, 0.6) is 0 Å². The lowest BCUT2D eigenvalue weighted by Crippen LogP contribution is -2.44. The van der Waals surface area contributed by atoms with Crippen molar-refractivity contribution < 1.29 is 10.0 Å². The van der Waals surface area contributed by atoms with E-state index in [0.717, 1.165) is 26.2 Å². The first kappa shape index (κ1) is 13.8. The molecule has 19 heavy (non-hydrogen) atoms. The van der Waals surface area contributed by atoms with Crippen LogP contribution in [0.4, 0.5) is 11.4 Å². The van der Waals surface area contributed by atoms with Gasteiger partial charge in [0.15, 0.2) is 0 Å². The van der Waals surface area contributed by atoms with Gasteiger partial charge in [0, 0.05) is 32.2 Å². The molecule has 6 nitrogen and oxygen atoms in total. The number of likely N-dealkylation sites (N-methyl/N-ethyl adjacent to an activating group) is 1. The minimum Gasteiger partial charge on any atom is -0.389 e. The van der Waals surface area contributed by atoms with Crippen LogP contribution in [-0.4, -0.2) is 48.2 Å². The van der Waals surface area contributed by atoms with Crippen molar-refractivity contribution in [2.45, 2.75) is 13.0 Å². The zero-order valence-electron chi connectivity index (χ0n) is 11.2. The normalized spacial score (nSPS) is 18.4. The third-order valence-corrected chi connectivity index (χ3v) is 3.52. The quantitative estimate of drug-likeness (QED) is 0.661. The molecule has 1 fully saturated rings. The fourth-order valence-corrected chi connectivity index (χ4v) is 2.26. The summed E-state index contributed by atoms with van der Waals surface area (Å²) in [5.41, 5.74) is 1.29. The van der Waals surface area contributed by atoms with Crippen LogP contribution in [0.25, 0.3) is 0 Å². The molecular formula is C13H19N3O3. The number of hydrogen-bond donors (Lipinski definition) is 1. The lowest BCUT2D eigenvalue weighted by molar-refractivity contribution is -0.384. The van der Waals surface area contributed by atoms with Crippen molar-refractivity contribution in [1.29, 1.82) is 0 Å². The third-order valence-electron chi connectivity index (χ3n) is 3.52. The maximum absolute atomic E-state index is 11.2. The highest BCUT2D eigenvalue weighted by atomic mass is 16.6. The lowest BCUT2D eigenvalue weighted by Gasteiger charge is -2.33. The molecule has 1 saturated heterocycles. The van der Waals surface area contributed by atoms with E-state index in [1.165, 1.54) is 6.07 Å². The smallest absolute Gasteiger partial charge is 0.292 e. The van der Waals surface area contributed by atoms with Gasteiger partial charge >= 0.3 is 0 Å². The Hall–Kier alpha value is -1.66. The second-order valence-electron chi connectivity index (χ2n) is 4.97. The first-order chi connectivity index (χ1) is 8.99. The molecule has 1 aliphatic heterocycles. The molecule has 0 radical (unpaired) electrons. The third kappa shape index (κ3) is 3.02. The molecule has 1 atom stereocenters. The second-order valence-corrected chi connectivity index (χ2v) is 4.97. The number of piperazine rings is 1. The van der Waals surface area contributed by atoms with Crippen LogP contribution < -0.4 is 4.90 Å². The van der Waals surface area contributed by atoms with Gasteiger partial charge in [0.05, 0.1) is 11.0 Å². The Labute approximate surface area is 112 Å². The van der Waals surface area contributed by atoms with Gasteiger partial charge in [-0.1, -0.05) is 6.07 Å². The Kier molecular flexibility index (Phi) is 4.01. The Morgan fingerprint density at radius 1 is 1.32 bits per heavy atom. The summed E-state index contributed by atoms with van der Waals surface area (Å²) in [6.45, 7) is 4.97. The first-order valence-corrected chi connectivity index (χ1v) is 6.39. The van der Waals surface area contributed by atoms with E-state index < -0.39 is 6.10 Å². The van der Waals surface area contributed by atoms with Crippen LogP contribution in [0, 0.1) is 10.1 Å². The molecule has 2 rings (SSSR count). The molecule has 1 aliphatic rings. The summed E-state index contributed by atoms with van der Waals surface area (Å²) >= 11 is 0. The fraction of sp³-hybridized carbons (Fsp3) is 0.538. The predicted molar refractivity (Wildman–Crippen MR) is 73.4 cm³/mol. The molecular weight excluding hydrogens is 246 g/mol. The monoisotopic (exact) mass is 265 g/mol. The van der Waals surface area contributed by atoms with Gasteiger partial charge in [-0.2, -0.15) is 0 Å². The molecule has 1 unspecified atom stereocenters. The van der Waals surface area contributed by atoms with E-state index in [2.05, 4.69) is 4.90 Å². The molecule has 104 valence electrons. The minimum absolute atomic E-state index is 0.0722. The van der Waals surface area contributed by atoms with Crippen molar-refractivity contribution in [3.8, 4) is 0 Å². The number of benzene rings is 1. The maximum Gasteiger partial charge on any atom is 0.292 e. The molecule has 0 aromatic heterocycles. The molecule has 0 amide bonds. The number of aliphatic hydroxyl groups is 1. The summed E-state index contributed by atoms with van der Waals surface area (Å²) < 4.78 is 0. The van der Waals surface area contributed by atoms with E-state index in [1.807, 2.05) is 11.9 Å². The average Bonchev–Trinajstić information content (AvgIpc) is 2.38. The van der Waals surface area contributed by atoms with Crippen LogP contribution in [0.2, 0.25) is 0 Å². The Morgan fingerprint density at radius 2 is 1.95 bits per heavy atom. The van der Waals surface area contributed by atoms with Gasteiger partial charge in [0.2, 0.25) is 0 Å². The summed E-state index contributed by atoms with van der Waals surface area (Å²) in [5.74, 6) is 0. The number of anilines is 1. The van der Waals surface area contributed by atoms with Crippen molar-refractivity contribution in [3.05, 3.63) is 33.9 Å². The predicted octanol–water partition coefficient (Wildman–Crippen LogP) is 1.40. The molecule has 0 aliphatic carbocycles. The largest absolute Gasteiger partial charge is 0.389 e. The number of aliphatic hydroxyl groups excluding tert-OH is 1.